The van der Waals surface area contributed by atoms with E-state index >= 15 is 0 Å². The molecule has 0 bridgehead atoms. The van der Waals surface area contributed by atoms with Crippen LogP contribution in [-0.4, -0.2) is 67.4 Å². The van der Waals surface area contributed by atoms with Crippen molar-refractivity contribution in [2.45, 2.75) is 50.7 Å². The molecule has 1 aliphatic carbocycles. The number of urea groups is 1. The largest absolute Gasteiger partial charge is 0.327 e. The molecule has 2 aromatic heterocycles. The van der Waals surface area contributed by atoms with Crippen LogP contribution in [0.3, 0.4) is 0 Å². The molecule has 1 spiro atoms. The van der Waals surface area contributed by atoms with Gasteiger partial charge in [0.25, 0.3) is 5.91 Å². The Morgan fingerprint density at radius 2 is 1.79 bits per heavy atom. The fraction of sp³-hybridized carbons (Fsp3) is 0.423. The molecule has 0 atom stereocenters. The van der Waals surface area contributed by atoms with E-state index in [0.29, 0.717) is 19.4 Å². The number of rotatable bonds is 5. The number of likely N-dealkylation sites (tertiary alicyclic amines) is 1. The normalized spacial score (nSPS) is 20.6. The Balaban J connectivity index is 1.18. The summed E-state index contributed by atoms with van der Waals surface area (Å²) in [6.45, 7) is 4.94. The van der Waals surface area contributed by atoms with Gasteiger partial charge in [-0.25, -0.2) is 9.78 Å². The third-order valence-electron chi connectivity index (χ3n) is 7.81. The van der Waals surface area contributed by atoms with E-state index in [0.717, 1.165) is 37.6 Å². The number of likely N-dealkylation sites (N-methyl/N-ethyl adjacent to an activating group) is 1. The smallest absolute Gasteiger partial charge is 0.310 e. The molecule has 3 aromatic rings. The van der Waals surface area contributed by atoms with Gasteiger partial charge in [-0.15, -0.1) is 11.3 Å². The van der Waals surface area contributed by atoms with Gasteiger partial charge in [-0.1, -0.05) is 24.3 Å². The molecule has 34 heavy (non-hydrogen) atoms. The number of aromatic nitrogens is 2. The molecule has 6 rings (SSSR count). The van der Waals surface area contributed by atoms with E-state index in [1.807, 2.05) is 35.5 Å². The lowest BCUT2D eigenvalue weighted by Gasteiger charge is -2.42. The average molecular weight is 476 g/mol. The predicted octanol–water partition coefficient (Wildman–Crippen LogP) is 3.72. The predicted molar refractivity (Wildman–Crippen MR) is 131 cm³/mol. The van der Waals surface area contributed by atoms with Gasteiger partial charge in [0.2, 0.25) is 0 Å². The van der Waals surface area contributed by atoms with Crippen molar-refractivity contribution in [3.05, 3.63) is 71.0 Å². The zero-order valence-corrected chi connectivity index (χ0v) is 20.2. The molecule has 2 aliphatic heterocycles. The van der Waals surface area contributed by atoms with Crippen LogP contribution in [0.25, 0.3) is 5.13 Å². The SMILES string of the molecule is CCN1C(=O)N(C2Cc3ccccc3C2)C(=O)C12CCN(Cc1cccn1-c1nccs1)CC2. The monoisotopic (exact) mass is 475 g/mol. The summed E-state index contributed by atoms with van der Waals surface area (Å²) in [6, 6.07) is 12.3. The summed E-state index contributed by atoms with van der Waals surface area (Å²) in [4.78, 5) is 37.6. The molecule has 0 radical (unpaired) electrons. The van der Waals surface area contributed by atoms with E-state index in [1.54, 1.807) is 16.2 Å². The quantitative estimate of drug-likeness (QED) is 0.528. The number of amides is 3. The summed E-state index contributed by atoms with van der Waals surface area (Å²) in [5, 5.41) is 2.95. The number of hydrogen-bond acceptors (Lipinski definition) is 5. The standard InChI is InChI=1S/C26H29N5O2S/c1-2-30-25(33)31(22-16-19-6-3-4-7-20(19)17-22)23(32)26(30)9-13-28(14-10-26)18-21-8-5-12-29(21)24-27-11-15-34-24/h3-8,11-12,15,22H,2,9-10,13-14,16-18H2,1H3. The molecule has 8 heteroatoms. The van der Waals surface area contributed by atoms with Gasteiger partial charge in [0, 0.05) is 55.7 Å². The van der Waals surface area contributed by atoms with Gasteiger partial charge < -0.3 is 4.90 Å². The van der Waals surface area contributed by atoms with Crippen molar-refractivity contribution in [2.75, 3.05) is 19.6 Å². The average Bonchev–Trinajstić information content (AvgIpc) is 3.63. The molecule has 2 fully saturated rings. The first-order valence-electron chi connectivity index (χ1n) is 12.1. The van der Waals surface area contributed by atoms with Crippen molar-refractivity contribution in [3.8, 4) is 5.13 Å². The summed E-state index contributed by atoms with van der Waals surface area (Å²) in [5.74, 6) is 0.0166. The number of thiazole rings is 1. The Bertz CT molecular complexity index is 1190. The lowest BCUT2D eigenvalue weighted by Crippen LogP contribution is -2.56. The molecule has 3 aliphatic rings. The Morgan fingerprint density at radius 3 is 2.44 bits per heavy atom. The summed E-state index contributed by atoms with van der Waals surface area (Å²) >= 11 is 1.62. The number of nitrogens with zero attached hydrogens (tertiary/aromatic N) is 5. The maximum atomic E-state index is 13.9. The zero-order valence-electron chi connectivity index (χ0n) is 19.4. The lowest BCUT2D eigenvalue weighted by atomic mass is 9.85. The summed E-state index contributed by atoms with van der Waals surface area (Å²) in [5.41, 5.74) is 3.01. The number of piperidine rings is 1. The molecule has 0 saturated carbocycles. The number of imide groups is 1. The number of carbonyl (C=O) groups is 2. The Kier molecular flexibility index (Phi) is 5.30. The van der Waals surface area contributed by atoms with Crippen molar-refractivity contribution in [1.29, 1.82) is 0 Å². The van der Waals surface area contributed by atoms with E-state index in [-0.39, 0.29) is 18.0 Å². The highest BCUT2D eigenvalue weighted by Gasteiger charge is 2.59. The van der Waals surface area contributed by atoms with Gasteiger partial charge in [0.05, 0.1) is 0 Å². The first kappa shape index (κ1) is 21.6. The van der Waals surface area contributed by atoms with Crippen LogP contribution in [-0.2, 0) is 24.2 Å². The first-order valence-corrected chi connectivity index (χ1v) is 13.0. The maximum Gasteiger partial charge on any atom is 0.327 e. The topological polar surface area (TPSA) is 61.7 Å². The van der Waals surface area contributed by atoms with Gasteiger partial charge in [-0.3, -0.25) is 19.2 Å². The van der Waals surface area contributed by atoms with Crippen LogP contribution >= 0.6 is 11.3 Å². The Morgan fingerprint density at radius 1 is 1.06 bits per heavy atom. The van der Waals surface area contributed by atoms with Gasteiger partial charge in [-0.2, -0.15) is 0 Å². The van der Waals surface area contributed by atoms with Gasteiger partial charge in [0.1, 0.15) is 5.54 Å². The molecule has 0 unspecified atom stereocenters. The maximum absolute atomic E-state index is 13.9. The molecule has 7 nitrogen and oxygen atoms in total. The van der Waals surface area contributed by atoms with Crippen LogP contribution < -0.4 is 0 Å². The fourth-order valence-corrected chi connectivity index (χ4v) is 6.74. The molecule has 3 amide bonds. The second kappa shape index (κ2) is 8.36. The third kappa shape index (κ3) is 3.31. The van der Waals surface area contributed by atoms with Crippen molar-refractivity contribution >= 4 is 23.3 Å². The van der Waals surface area contributed by atoms with Gasteiger partial charge in [0.15, 0.2) is 5.13 Å². The number of hydrogen-bond donors (Lipinski definition) is 0. The highest BCUT2D eigenvalue weighted by molar-refractivity contribution is 7.12. The fourth-order valence-electron chi connectivity index (χ4n) is 6.08. The van der Waals surface area contributed by atoms with Crippen molar-refractivity contribution < 1.29 is 9.59 Å². The number of benzene rings is 1. The highest BCUT2D eigenvalue weighted by atomic mass is 32.1. The zero-order chi connectivity index (χ0) is 23.3. The van der Waals surface area contributed by atoms with E-state index in [9.17, 15) is 9.59 Å². The van der Waals surface area contributed by atoms with Crippen molar-refractivity contribution in [2.24, 2.45) is 0 Å². The number of fused-ring (bicyclic) bond motifs is 1. The second-order valence-electron chi connectivity index (χ2n) is 9.52. The van der Waals surface area contributed by atoms with Gasteiger partial charge in [-0.05, 0) is 55.9 Å². The molecule has 4 heterocycles. The molecule has 2 saturated heterocycles. The van der Waals surface area contributed by atoms with Crippen LogP contribution in [0.5, 0.6) is 0 Å². The summed E-state index contributed by atoms with van der Waals surface area (Å²) in [7, 11) is 0. The first-order chi connectivity index (χ1) is 16.6. The van der Waals surface area contributed by atoms with Crippen LogP contribution in [0.1, 0.15) is 36.6 Å². The van der Waals surface area contributed by atoms with Crippen molar-refractivity contribution in [3.63, 3.8) is 0 Å². The van der Waals surface area contributed by atoms with E-state index in [1.165, 1.54) is 16.8 Å². The van der Waals surface area contributed by atoms with E-state index in [2.05, 4.69) is 44.9 Å². The Labute approximate surface area is 203 Å². The van der Waals surface area contributed by atoms with E-state index < -0.39 is 5.54 Å². The summed E-state index contributed by atoms with van der Waals surface area (Å²) < 4.78 is 2.14. The van der Waals surface area contributed by atoms with Crippen LogP contribution in [0.2, 0.25) is 0 Å². The summed E-state index contributed by atoms with van der Waals surface area (Å²) in [6.07, 6.45) is 6.77. The molecular weight excluding hydrogens is 446 g/mol. The molecule has 1 aromatic carbocycles. The van der Waals surface area contributed by atoms with Crippen LogP contribution in [0.15, 0.2) is 54.2 Å². The van der Waals surface area contributed by atoms with Crippen LogP contribution in [0, 0.1) is 0 Å². The minimum Gasteiger partial charge on any atom is -0.310 e. The van der Waals surface area contributed by atoms with Crippen LogP contribution in [0.4, 0.5) is 4.79 Å². The Hall–Kier alpha value is -2.97. The number of carbonyl (C=O) groups excluding carboxylic acids is 2. The lowest BCUT2D eigenvalue weighted by molar-refractivity contribution is -0.137. The molecular formula is C26H29N5O2S. The van der Waals surface area contributed by atoms with Gasteiger partial charge >= 0.3 is 6.03 Å². The third-order valence-corrected chi connectivity index (χ3v) is 8.58. The minimum atomic E-state index is -0.700. The molecule has 0 N–H and O–H groups in total. The molecule has 176 valence electrons. The van der Waals surface area contributed by atoms with Crippen molar-refractivity contribution in [1.82, 2.24) is 24.3 Å². The second-order valence-corrected chi connectivity index (χ2v) is 10.4. The van der Waals surface area contributed by atoms with E-state index in [4.69, 9.17) is 0 Å². The minimum absolute atomic E-state index is 0.0166. The highest BCUT2D eigenvalue weighted by Crippen LogP contribution is 2.40.